The summed E-state index contributed by atoms with van der Waals surface area (Å²) in [6.07, 6.45) is 6.05. The molecule has 0 unspecified atom stereocenters. The van der Waals surface area contributed by atoms with Crippen LogP contribution in [0, 0.1) is 0 Å². The van der Waals surface area contributed by atoms with E-state index >= 15 is 0 Å². The van der Waals surface area contributed by atoms with Crippen LogP contribution in [0.3, 0.4) is 0 Å². The van der Waals surface area contributed by atoms with E-state index in [2.05, 4.69) is 34.5 Å². The summed E-state index contributed by atoms with van der Waals surface area (Å²) in [6, 6.07) is 7.72. The Bertz CT molecular complexity index is 655. The van der Waals surface area contributed by atoms with E-state index in [1.54, 1.807) is 0 Å². The number of fused-ring (bicyclic) bond motifs is 1. The molecule has 0 atom stereocenters. The van der Waals surface area contributed by atoms with Crippen LogP contribution in [0.1, 0.15) is 42.6 Å². The first kappa shape index (κ1) is 15.0. The maximum absolute atomic E-state index is 12.5. The highest BCUT2D eigenvalue weighted by molar-refractivity contribution is 6.04. The Labute approximate surface area is 131 Å². The second-order valence-electron chi connectivity index (χ2n) is 6.48. The topological polar surface area (TPSA) is 61.0 Å². The molecule has 0 aliphatic heterocycles. The van der Waals surface area contributed by atoms with E-state index in [0.29, 0.717) is 12.2 Å². The number of aromatic nitrogens is 2. The second kappa shape index (κ2) is 6.08. The molecule has 0 bridgehead atoms. The molecule has 2 N–H and O–H groups in total. The number of carbonyl (C=O) groups excluding carboxylic acids is 1. The molecule has 5 heteroatoms. The lowest BCUT2D eigenvalue weighted by atomic mass is 9.80. The Morgan fingerprint density at radius 1 is 1.27 bits per heavy atom. The number of hydrogen-bond acceptors (Lipinski definition) is 3. The highest BCUT2D eigenvalue weighted by Gasteiger charge is 2.34. The fraction of sp³-hybridized carbons (Fsp3) is 0.529. The van der Waals surface area contributed by atoms with E-state index in [-0.39, 0.29) is 11.4 Å². The van der Waals surface area contributed by atoms with Crippen molar-refractivity contribution in [1.29, 1.82) is 0 Å². The summed E-state index contributed by atoms with van der Waals surface area (Å²) in [5, 5.41) is 11.1. The van der Waals surface area contributed by atoms with Crippen molar-refractivity contribution in [2.75, 3.05) is 20.6 Å². The van der Waals surface area contributed by atoms with Gasteiger partial charge in [0.05, 0.1) is 5.52 Å². The SMILES string of the molecule is CN(C)C1(CNC(=O)c2n[nH]c3ccccc23)CCCCC1. The van der Waals surface area contributed by atoms with E-state index in [1.807, 2.05) is 24.3 Å². The predicted octanol–water partition coefficient (Wildman–Crippen LogP) is 2.56. The average Bonchev–Trinajstić information content (AvgIpc) is 2.97. The molecule has 2 aromatic rings. The van der Waals surface area contributed by atoms with Gasteiger partial charge in [-0.2, -0.15) is 5.10 Å². The molecule has 1 aliphatic rings. The van der Waals surface area contributed by atoms with E-state index < -0.39 is 0 Å². The molecule has 1 aromatic carbocycles. The van der Waals surface area contributed by atoms with Crippen LogP contribution < -0.4 is 5.32 Å². The van der Waals surface area contributed by atoms with Crippen molar-refractivity contribution in [3.05, 3.63) is 30.0 Å². The maximum Gasteiger partial charge on any atom is 0.272 e. The van der Waals surface area contributed by atoms with Gasteiger partial charge in [-0.15, -0.1) is 0 Å². The number of hydrogen-bond donors (Lipinski definition) is 2. The first-order valence-corrected chi connectivity index (χ1v) is 8.01. The zero-order chi connectivity index (χ0) is 15.6. The molecule has 5 nitrogen and oxygen atoms in total. The number of likely N-dealkylation sites (N-methyl/N-ethyl adjacent to an activating group) is 1. The molecule has 0 spiro atoms. The Hall–Kier alpha value is -1.88. The highest BCUT2D eigenvalue weighted by atomic mass is 16.1. The van der Waals surface area contributed by atoms with Gasteiger partial charge in [-0.25, -0.2) is 0 Å². The van der Waals surface area contributed by atoms with Gasteiger partial charge in [-0.3, -0.25) is 9.89 Å². The predicted molar refractivity (Wildman–Crippen MR) is 87.9 cm³/mol. The van der Waals surface area contributed by atoms with Crippen molar-refractivity contribution in [2.45, 2.75) is 37.6 Å². The van der Waals surface area contributed by atoms with E-state index in [0.717, 1.165) is 23.7 Å². The number of aromatic amines is 1. The summed E-state index contributed by atoms with van der Waals surface area (Å²) >= 11 is 0. The quantitative estimate of drug-likeness (QED) is 0.912. The van der Waals surface area contributed by atoms with Gasteiger partial charge in [0.1, 0.15) is 0 Å². The van der Waals surface area contributed by atoms with Crippen LogP contribution in [0.4, 0.5) is 0 Å². The molecule has 118 valence electrons. The van der Waals surface area contributed by atoms with Crippen molar-refractivity contribution in [2.24, 2.45) is 0 Å². The van der Waals surface area contributed by atoms with Gasteiger partial charge < -0.3 is 10.2 Å². The van der Waals surface area contributed by atoms with Crippen LogP contribution in [0.2, 0.25) is 0 Å². The minimum absolute atomic E-state index is 0.0834. The van der Waals surface area contributed by atoms with E-state index in [9.17, 15) is 4.79 Å². The zero-order valence-electron chi connectivity index (χ0n) is 13.4. The standard InChI is InChI=1S/C17H24N4O/c1-21(2)17(10-6-3-7-11-17)12-18-16(22)15-13-8-4-5-9-14(13)19-20-15/h4-5,8-9H,3,6-7,10-12H2,1-2H3,(H,18,22)(H,19,20). The molecule has 3 rings (SSSR count). The maximum atomic E-state index is 12.5. The lowest BCUT2D eigenvalue weighted by molar-refractivity contribution is 0.0797. The number of para-hydroxylation sites is 1. The number of nitrogens with one attached hydrogen (secondary N) is 2. The third-order valence-electron chi connectivity index (χ3n) is 5.00. The lowest BCUT2D eigenvalue weighted by Crippen LogP contribution is -2.53. The number of rotatable bonds is 4. The van der Waals surface area contributed by atoms with Crippen molar-refractivity contribution >= 4 is 16.8 Å². The van der Waals surface area contributed by atoms with Crippen molar-refractivity contribution in [3.63, 3.8) is 0 Å². The summed E-state index contributed by atoms with van der Waals surface area (Å²) in [5.74, 6) is -0.0933. The van der Waals surface area contributed by atoms with Gasteiger partial charge in [0, 0.05) is 17.5 Å². The largest absolute Gasteiger partial charge is 0.349 e. The van der Waals surface area contributed by atoms with E-state index in [4.69, 9.17) is 0 Å². The third-order valence-corrected chi connectivity index (χ3v) is 5.00. The summed E-state index contributed by atoms with van der Waals surface area (Å²) in [7, 11) is 4.23. The normalized spacial score (nSPS) is 17.8. The zero-order valence-corrected chi connectivity index (χ0v) is 13.4. The van der Waals surface area contributed by atoms with Gasteiger partial charge in [0.2, 0.25) is 0 Å². The number of nitrogens with zero attached hydrogens (tertiary/aromatic N) is 2. The third kappa shape index (κ3) is 2.73. The second-order valence-corrected chi connectivity index (χ2v) is 6.48. The lowest BCUT2D eigenvalue weighted by Gasteiger charge is -2.43. The number of amides is 1. The van der Waals surface area contributed by atoms with Crippen molar-refractivity contribution in [3.8, 4) is 0 Å². The molecule has 1 fully saturated rings. The molecule has 1 aliphatic carbocycles. The summed E-state index contributed by atoms with van der Waals surface area (Å²) in [5.41, 5.74) is 1.47. The van der Waals surface area contributed by atoms with Crippen LogP contribution in [0.15, 0.2) is 24.3 Å². The monoisotopic (exact) mass is 300 g/mol. The molecule has 1 amide bonds. The highest BCUT2D eigenvalue weighted by Crippen LogP contribution is 2.31. The molecule has 0 radical (unpaired) electrons. The Balaban J connectivity index is 1.74. The van der Waals surface area contributed by atoms with Crippen LogP contribution in [0.25, 0.3) is 10.9 Å². The Morgan fingerprint density at radius 2 is 2.00 bits per heavy atom. The van der Waals surface area contributed by atoms with Gasteiger partial charge in [0.15, 0.2) is 5.69 Å². The van der Waals surface area contributed by atoms with Gasteiger partial charge in [0.25, 0.3) is 5.91 Å². The number of benzene rings is 1. The Kier molecular flexibility index (Phi) is 4.16. The van der Waals surface area contributed by atoms with Crippen molar-refractivity contribution in [1.82, 2.24) is 20.4 Å². The minimum Gasteiger partial charge on any atom is -0.349 e. The van der Waals surface area contributed by atoms with Crippen LogP contribution in [-0.2, 0) is 0 Å². The first-order chi connectivity index (χ1) is 10.6. The molecule has 22 heavy (non-hydrogen) atoms. The fourth-order valence-electron chi connectivity index (χ4n) is 3.46. The van der Waals surface area contributed by atoms with Gasteiger partial charge in [-0.05, 0) is 33.0 Å². The average molecular weight is 300 g/mol. The van der Waals surface area contributed by atoms with Crippen molar-refractivity contribution < 1.29 is 4.79 Å². The smallest absolute Gasteiger partial charge is 0.272 e. The minimum atomic E-state index is -0.0933. The fourth-order valence-corrected chi connectivity index (χ4v) is 3.46. The summed E-state index contributed by atoms with van der Waals surface area (Å²) in [4.78, 5) is 14.8. The van der Waals surface area contributed by atoms with Gasteiger partial charge in [-0.1, -0.05) is 37.5 Å². The molecule has 1 heterocycles. The van der Waals surface area contributed by atoms with Crippen LogP contribution >= 0.6 is 0 Å². The van der Waals surface area contributed by atoms with E-state index in [1.165, 1.54) is 19.3 Å². The molecule has 1 aromatic heterocycles. The molecule has 1 saturated carbocycles. The molecular weight excluding hydrogens is 276 g/mol. The van der Waals surface area contributed by atoms with Crippen LogP contribution in [-0.4, -0.2) is 47.2 Å². The number of carbonyl (C=O) groups is 1. The first-order valence-electron chi connectivity index (χ1n) is 8.01. The summed E-state index contributed by atoms with van der Waals surface area (Å²) < 4.78 is 0. The number of H-pyrrole nitrogens is 1. The van der Waals surface area contributed by atoms with Crippen LogP contribution in [0.5, 0.6) is 0 Å². The van der Waals surface area contributed by atoms with Gasteiger partial charge >= 0.3 is 0 Å². The Morgan fingerprint density at radius 3 is 2.73 bits per heavy atom. The summed E-state index contributed by atoms with van der Waals surface area (Å²) in [6.45, 7) is 0.681. The molecule has 0 saturated heterocycles. The molecular formula is C17H24N4O.